The average Bonchev–Trinajstić information content (AvgIpc) is 2.62. The molecule has 1 atom stereocenters. The molecule has 138 valence electrons. The Labute approximate surface area is 153 Å². The first-order valence-corrected chi connectivity index (χ1v) is 7.76. The molecule has 1 unspecified atom stereocenters. The maximum atomic E-state index is 12.3. The number of benzene rings is 1. The highest BCUT2D eigenvalue weighted by Crippen LogP contribution is 2.36. The van der Waals surface area contributed by atoms with E-state index >= 15 is 0 Å². The number of aromatic amines is 1. The zero-order chi connectivity index (χ0) is 19.4. The zero-order valence-electron chi connectivity index (χ0n) is 13.9. The van der Waals surface area contributed by atoms with Gasteiger partial charge in [0, 0.05) is 12.1 Å². The van der Waals surface area contributed by atoms with Gasteiger partial charge in [-0.3, -0.25) is 9.59 Å². The monoisotopic (exact) mass is 381 g/mol. The van der Waals surface area contributed by atoms with Crippen LogP contribution in [0.25, 0.3) is 0 Å². The summed E-state index contributed by atoms with van der Waals surface area (Å²) in [7, 11) is 2.30. The van der Waals surface area contributed by atoms with Crippen molar-refractivity contribution in [1.82, 2.24) is 4.98 Å². The summed E-state index contributed by atoms with van der Waals surface area (Å²) in [6, 6.07) is 4.09. The van der Waals surface area contributed by atoms with Gasteiger partial charge < -0.3 is 24.7 Å². The van der Waals surface area contributed by atoms with Crippen LogP contribution in [0.5, 0.6) is 11.5 Å². The number of carbonyl (C=O) groups is 2. The summed E-state index contributed by atoms with van der Waals surface area (Å²) in [5.74, 6) is -3.29. The number of nitrogens with one attached hydrogen (secondary N) is 1. The van der Waals surface area contributed by atoms with E-state index in [0.717, 1.165) is 13.3 Å². The van der Waals surface area contributed by atoms with Crippen molar-refractivity contribution in [3.63, 3.8) is 0 Å². The van der Waals surface area contributed by atoms with Gasteiger partial charge in [-0.15, -0.1) is 0 Å². The highest BCUT2D eigenvalue weighted by molar-refractivity contribution is 6.32. The number of H-pyrrole nitrogens is 1. The number of carbonyl (C=O) groups excluding carboxylic acids is 2. The lowest BCUT2D eigenvalue weighted by atomic mass is 9.87. The van der Waals surface area contributed by atoms with Crippen LogP contribution in [0.1, 0.15) is 33.8 Å². The number of hydrogen-bond donors (Lipinski definition) is 3. The summed E-state index contributed by atoms with van der Waals surface area (Å²) < 4.78 is 9.22. The number of esters is 2. The number of halogens is 1. The van der Waals surface area contributed by atoms with E-state index in [1.807, 2.05) is 0 Å². The second kappa shape index (κ2) is 7.92. The Balaban J connectivity index is 2.69. The topological polar surface area (TPSA) is 126 Å². The first kappa shape index (κ1) is 19.3. The first-order chi connectivity index (χ1) is 12.3. The molecule has 0 radical (unpaired) electrons. The Morgan fingerprint density at radius 1 is 1.23 bits per heavy atom. The molecule has 0 aliphatic heterocycles. The molecule has 1 heterocycles. The largest absolute Gasteiger partial charge is 0.506 e. The molecule has 0 aliphatic carbocycles. The van der Waals surface area contributed by atoms with Gasteiger partial charge in [0.1, 0.15) is 17.1 Å². The number of aromatic nitrogens is 1. The summed E-state index contributed by atoms with van der Waals surface area (Å²) in [5.41, 5.74) is -0.823. The molecule has 8 nitrogen and oxygen atoms in total. The summed E-state index contributed by atoms with van der Waals surface area (Å²) >= 11 is 5.91. The van der Waals surface area contributed by atoms with E-state index in [0.29, 0.717) is 5.56 Å². The fourth-order valence-electron chi connectivity index (χ4n) is 2.50. The van der Waals surface area contributed by atoms with Crippen molar-refractivity contribution in [2.45, 2.75) is 12.3 Å². The lowest BCUT2D eigenvalue weighted by Crippen LogP contribution is -2.22. The van der Waals surface area contributed by atoms with Gasteiger partial charge in [-0.05, 0) is 17.7 Å². The van der Waals surface area contributed by atoms with Crippen LogP contribution < -0.4 is 5.56 Å². The third-order valence-corrected chi connectivity index (χ3v) is 4.13. The molecule has 0 spiro atoms. The summed E-state index contributed by atoms with van der Waals surface area (Å²) in [4.78, 5) is 38.3. The summed E-state index contributed by atoms with van der Waals surface area (Å²) in [5, 5.41) is 20.0. The lowest BCUT2D eigenvalue weighted by molar-refractivity contribution is -0.140. The highest BCUT2D eigenvalue weighted by atomic mass is 35.5. The second-order valence-corrected chi connectivity index (χ2v) is 5.74. The van der Waals surface area contributed by atoms with Crippen molar-refractivity contribution in [3.8, 4) is 11.5 Å². The first-order valence-electron chi connectivity index (χ1n) is 7.38. The van der Waals surface area contributed by atoms with Gasteiger partial charge in [-0.25, -0.2) is 4.79 Å². The van der Waals surface area contributed by atoms with Gasteiger partial charge >= 0.3 is 11.9 Å². The number of phenolic OH excluding ortho intramolecular Hbond substituents is 1. The minimum atomic E-state index is -0.978. The van der Waals surface area contributed by atoms with Crippen LogP contribution in [-0.4, -0.2) is 41.4 Å². The maximum Gasteiger partial charge on any atom is 0.343 e. The summed E-state index contributed by atoms with van der Waals surface area (Å²) in [6.07, 6.45) is 0.713. The molecule has 0 saturated carbocycles. The molecule has 1 aromatic heterocycles. The molecule has 0 amide bonds. The summed E-state index contributed by atoms with van der Waals surface area (Å²) in [6.45, 7) is 0. The molecule has 9 heteroatoms. The molecule has 0 aliphatic rings. The Kier molecular flexibility index (Phi) is 5.89. The molecule has 2 aromatic rings. The molecule has 3 N–H and O–H groups in total. The predicted octanol–water partition coefficient (Wildman–Crippen LogP) is 1.92. The van der Waals surface area contributed by atoms with Crippen LogP contribution in [0.15, 0.2) is 29.2 Å². The molecule has 0 bridgehead atoms. The van der Waals surface area contributed by atoms with Crippen LogP contribution in [0.3, 0.4) is 0 Å². The Bertz CT molecular complexity index is 906. The fraction of sp³-hybridized carbons (Fsp3) is 0.235. The van der Waals surface area contributed by atoms with E-state index in [4.69, 9.17) is 11.6 Å². The van der Waals surface area contributed by atoms with E-state index in [1.165, 1.54) is 25.3 Å². The number of pyridine rings is 1. The Morgan fingerprint density at radius 2 is 1.92 bits per heavy atom. The number of phenols is 1. The van der Waals surface area contributed by atoms with E-state index < -0.39 is 29.2 Å². The van der Waals surface area contributed by atoms with Gasteiger partial charge in [0.2, 0.25) is 0 Å². The Hall–Kier alpha value is -3.00. The normalized spacial score (nSPS) is 11.7. The number of methoxy groups -OCH3 is 2. The third-order valence-electron chi connectivity index (χ3n) is 3.83. The minimum absolute atomic E-state index is 0.00240. The van der Waals surface area contributed by atoms with Gasteiger partial charge in [0.25, 0.3) is 5.56 Å². The van der Waals surface area contributed by atoms with Crippen LogP contribution in [0.2, 0.25) is 5.02 Å². The van der Waals surface area contributed by atoms with Crippen molar-refractivity contribution in [3.05, 3.63) is 56.5 Å². The molecular weight excluding hydrogens is 366 g/mol. The number of hydrogen-bond acceptors (Lipinski definition) is 7. The molecule has 0 fully saturated rings. The lowest BCUT2D eigenvalue weighted by Gasteiger charge is -2.18. The van der Waals surface area contributed by atoms with Gasteiger partial charge in [0.15, 0.2) is 0 Å². The SMILES string of the molecule is COC(=O)CC(c1ccc(O)c(Cl)c1)c1c(O)c(C(=O)OC)c[nH]c1=O. The van der Waals surface area contributed by atoms with E-state index in [9.17, 15) is 24.6 Å². The molecule has 2 rings (SSSR count). The zero-order valence-corrected chi connectivity index (χ0v) is 14.7. The number of rotatable bonds is 5. The van der Waals surface area contributed by atoms with Gasteiger partial charge in [-0.1, -0.05) is 17.7 Å². The van der Waals surface area contributed by atoms with E-state index in [-0.39, 0.29) is 28.3 Å². The molecule has 1 aromatic carbocycles. The average molecular weight is 382 g/mol. The number of aromatic hydroxyl groups is 2. The smallest absolute Gasteiger partial charge is 0.343 e. The quantitative estimate of drug-likeness (QED) is 0.675. The standard InChI is InChI=1S/C17H16ClNO7/c1-25-13(21)6-9(8-3-4-12(20)11(18)5-8)14-15(22)10(17(24)26-2)7-19-16(14)23/h3-5,7,9,20H,6H2,1-2H3,(H2,19,22,23). The molecular formula is C17H16ClNO7. The van der Waals surface area contributed by atoms with Crippen LogP contribution >= 0.6 is 11.6 Å². The molecule has 26 heavy (non-hydrogen) atoms. The minimum Gasteiger partial charge on any atom is -0.506 e. The van der Waals surface area contributed by atoms with Crippen molar-refractivity contribution >= 4 is 23.5 Å². The van der Waals surface area contributed by atoms with Gasteiger partial charge in [0.05, 0.1) is 31.2 Å². The van der Waals surface area contributed by atoms with Crippen LogP contribution in [0, 0.1) is 0 Å². The van der Waals surface area contributed by atoms with Crippen LogP contribution in [0.4, 0.5) is 0 Å². The van der Waals surface area contributed by atoms with Crippen LogP contribution in [-0.2, 0) is 14.3 Å². The maximum absolute atomic E-state index is 12.3. The number of ether oxygens (including phenoxy) is 2. The van der Waals surface area contributed by atoms with Crippen molar-refractivity contribution < 1.29 is 29.3 Å². The third kappa shape index (κ3) is 3.80. The van der Waals surface area contributed by atoms with Crippen molar-refractivity contribution in [1.29, 1.82) is 0 Å². The van der Waals surface area contributed by atoms with Crippen molar-refractivity contribution in [2.24, 2.45) is 0 Å². The highest BCUT2D eigenvalue weighted by Gasteiger charge is 2.28. The predicted molar refractivity (Wildman–Crippen MR) is 91.7 cm³/mol. The second-order valence-electron chi connectivity index (χ2n) is 5.33. The van der Waals surface area contributed by atoms with E-state index in [2.05, 4.69) is 14.5 Å². The molecule has 0 saturated heterocycles. The van der Waals surface area contributed by atoms with Crippen molar-refractivity contribution in [2.75, 3.05) is 14.2 Å². The fourth-order valence-corrected chi connectivity index (χ4v) is 2.69. The Morgan fingerprint density at radius 3 is 2.50 bits per heavy atom. The van der Waals surface area contributed by atoms with Gasteiger partial charge in [-0.2, -0.15) is 0 Å². The van der Waals surface area contributed by atoms with E-state index in [1.54, 1.807) is 0 Å².